The molecule has 1 rings (SSSR count). The number of hydrogen-bond acceptors (Lipinski definition) is 1. The fourth-order valence-corrected chi connectivity index (χ4v) is 1.36. The van der Waals surface area contributed by atoms with Gasteiger partial charge >= 0.3 is 0 Å². The quantitative estimate of drug-likeness (QED) is 0.633. The molecule has 0 radical (unpaired) electrons. The van der Waals surface area contributed by atoms with Gasteiger partial charge in [0.25, 0.3) is 0 Å². The summed E-state index contributed by atoms with van der Waals surface area (Å²) in [5.41, 5.74) is 3.55. The van der Waals surface area contributed by atoms with Crippen molar-refractivity contribution in [3.63, 3.8) is 0 Å². The Morgan fingerprint density at radius 3 is 2.00 bits per heavy atom. The van der Waals surface area contributed by atoms with Gasteiger partial charge in [0, 0.05) is 12.7 Å². The van der Waals surface area contributed by atoms with Crippen molar-refractivity contribution < 1.29 is 0 Å². The van der Waals surface area contributed by atoms with Gasteiger partial charge < -0.3 is 5.32 Å². The molecule has 0 fully saturated rings. The minimum absolute atomic E-state index is 1.13. The van der Waals surface area contributed by atoms with E-state index in [0.717, 1.165) is 5.69 Å². The number of hydrogen-bond donors (Lipinski definition) is 1. The SMILES string of the molecule is C=C/C=C\C(=C/C)c1ccc(NC)cc1.CC.CCC. The largest absolute Gasteiger partial charge is 0.388 e. The van der Waals surface area contributed by atoms with Gasteiger partial charge in [-0.1, -0.05) is 77.1 Å². The van der Waals surface area contributed by atoms with Crippen LogP contribution in [0.4, 0.5) is 5.69 Å². The molecule has 0 aliphatic heterocycles. The lowest BCUT2D eigenvalue weighted by Crippen LogP contribution is -1.87. The highest BCUT2D eigenvalue weighted by Crippen LogP contribution is 2.18. The third-order valence-corrected chi connectivity index (χ3v) is 2.23. The van der Waals surface area contributed by atoms with Gasteiger partial charge in [-0.2, -0.15) is 0 Å². The topological polar surface area (TPSA) is 12.0 Å². The van der Waals surface area contributed by atoms with Gasteiger partial charge in [-0.05, 0) is 30.2 Å². The van der Waals surface area contributed by atoms with E-state index in [2.05, 4.69) is 62.2 Å². The van der Waals surface area contributed by atoms with E-state index in [1.165, 1.54) is 17.6 Å². The van der Waals surface area contributed by atoms with E-state index < -0.39 is 0 Å². The first kappa shape index (κ1) is 20.6. The molecule has 1 aromatic rings. The molecule has 0 aromatic heterocycles. The second-order valence-corrected chi connectivity index (χ2v) is 3.87. The molecule has 0 saturated carbocycles. The molecular formula is C19H31N. The van der Waals surface area contributed by atoms with E-state index in [-0.39, 0.29) is 0 Å². The summed E-state index contributed by atoms with van der Waals surface area (Å²) in [6.07, 6.45) is 9.13. The molecule has 0 amide bonds. The molecule has 0 bridgehead atoms. The summed E-state index contributed by atoms with van der Waals surface area (Å²) in [7, 11) is 1.92. The van der Waals surface area contributed by atoms with Gasteiger partial charge in [-0.15, -0.1) is 0 Å². The summed E-state index contributed by atoms with van der Waals surface area (Å²) in [6, 6.07) is 8.35. The first-order valence-electron chi connectivity index (χ1n) is 7.47. The van der Waals surface area contributed by atoms with E-state index in [9.17, 15) is 0 Å². The fourth-order valence-electron chi connectivity index (χ4n) is 1.36. The van der Waals surface area contributed by atoms with Crippen LogP contribution >= 0.6 is 0 Å². The maximum absolute atomic E-state index is 3.66. The molecule has 112 valence electrons. The maximum Gasteiger partial charge on any atom is 0.0337 e. The number of rotatable bonds is 4. The maximum atomic E-state index is 3.66. The second-order valence-electron chi connectivity index (χ2n) is 3.87. The number of benzene rings is 1. The van der Waals surface area contributed by atoms with E-state index in [1.54, 1.807) is 6.08 Å². The number of anilines is 1. The monoisotopic (exact) mass is 273 g/mol. The van der Waals surface area contributed by atoms with Crippen molar-refractivity contribution in [2.75, 3.05) is 12.4 Å². The van der Waals surface area contributed by atoms with Crippen molar-refractivity contribution in [1.29, 1.82) is 0 Å². The molecule has 20 heavy (non-hydrogen) atoms. The zero-order valence-corrected chi connectivity index (χ0v) is 14.0. The molecule has 1 aromatic carbocycles. The Morgan fingerprint density at radius 2 is 1.65 bits per heavy atom. The van der Waals surface area contributed by atoms with E-state index in [0.29, 0.717) is 0 Å². The van der Waals surface area contributed by atoms with Gasteiger partial charge in [0.05, 0.1) is 0 Å². The van der Waals surface area contributed by atoms with Crippen LogP contribution in [0.5, 0.6) is 0 Å². The summed E-state index contributed by atoms with van der Waals surface area (Å²) in [6.45, 7) is 14.0. The standard InChI is InChI=1S/C14H17N.C3H8.C2H6/c1-4-6-7-12(5-2)13-8-10-14(15-3)11-9-13;1-3-2;1-2/h4-11,15H,1H2,2-3H3;3H2,1-2H3;1-2H3/b7-6-,12-5+;;. The molecule has 0 atom stereocenters. The third kappa shape index (κ3) is 9.21. The lowest BCUT2D eigenvalue weighted by Gasteiger charge is -2.04. The van der Waals surface area contributed by atoms with Crippen LogP contribution in [0.25, 0.3) is 5.57 Å². The van der Waals surface area contributed by atoms with Gasteiger partial charge in [-0.25, -0.2) is 0 Å². The molecule has 0 spiro atoms. The first-order valence-corrected chi connectivity index (χ1v) is 7.47. The Balaban J connectivity index is 0. The Labute approximate surface area is 126 Å². The molecule has 0 aliphatic rings. The van der Waals surface area contributed by atoms with Crippen molar-refractivity contribution in [2.45, 2.75) is 41.0 Å². The Hall–Kier alpha value is -1.76. The summed E-state index contributed by atoms with van der Waals surface area (Å²) in [5, 5.41) is 3.10. The molecule has 1 N–H and O–H groups in total. The zero-order chi connectivity index (χ0) is 15.8. The Morgan fingerprint density at radius 1 is 1.15 bits per heavy atom. The lowest BCUT2D eigenvalue weighted by atomic mass is 10.0. The summed E-state index contributed by atoms with van der Waals surface area (Å²) < 4.78 is 0. The summed E-state index contributed by atoms with van der Waals surface area (Å²) >= 11 is 0. The molecule has 0 saturated heterocycles. The highest BCUT2D eigenvalue weighted by Gasteiger charge is 1.95. The average Bonchev–Trinajstić information content (AvgIpc) is 2.51. The van der Waals surface area contributed by atoms with Crippen LogP contribution in [0.1, 0.15) is 46.6 Å². The number of nitrogens with one attached hydrogen (secondary N) is 1. The second kappa shape index (κ2) is 15.3. The van der Waals surface area contributed by atoms with Crippen molar-refractivity contribution >= 4 is 11.3 Å². The molecule has 0 heterocycles. The van der Waals surface area contributed by atoms with E-state index in [1.807, 2.05) is 33.9 Å². The van der Waals surface area contributed by atoms with Crippen LogP contribution in [0.3, 0.4) is 0 Å². The summed E-state index contributed by atoms with van der Waals surface area (Å²) in [5.74, 6) is 0. The van der Waals surface area contributed by atoms with Crippen LogP contribution in [0.2, 0.25) is 0 Å². The van der Waals surface area contributed by atoms with Crippen LogP contribution in [0, 0.1) is 0 Å². The minimum atomic E-state index is 1.13. The van der Waals surface area contributed by atoms with Crippen LogP contribution < -0.4 is 5.32 Å². The molecule has 0 unspecified atom stereocenters. The van der Waals surface area contributed by atoms with Crippen LogP contribution in [-0.4, -0.2) is 7.05 Å². The summed E-state index contributed by atoms with van der Waals surface area (Å²) in [4.78, 5) is 0. The van der Waals surface area contributed by atoms with Crippen molar-refractivity contribution in [2.24, 2.45) is 0 Å². The molecule has 1 heteroatoms. The van der Waals surface area contributed by atoms with Crippen molar-refractivity contribution in [3.05, 3.63) is 60.7 Å². The first-order chi connectivity index (χ1) is 9.73. The highest BCUT2D eigenvalue weighted by atomic mass is 14.8. The predicted octanol–water partition coefficient (Wildman–Crippen LogP) is 6.32. The fraction of sp³-hybridized carbons (Fsp3) is 0.368. The van der Waals surface area contributed by atoms with E-state index >= 15 is 0 Å². The Bertz CT molecular complexity index is 383. The van der Waals surface area contributed by atoms with Gasteiger partial charge in [-0.3, -0.25) is 0 Å². The van der Waals surface area contributed by atoms with Crippen molar-refractivity contribution in [1.82, 2.24) is 0 Å². The minimum Gasteiger partial charge on any atom is -0.388 e. The highest BCUT2D eigenvalue weighted by molar-refractivity contribution is 5.74. The van der Waals surface area contributed by atoms with Crippen LogP contribution in [0.15, 0.2) is 55.1 Å². The predicted molar refractivity (Wildman–Crippen MR) is 96.3 cm³/mol. The van der Waals surface area contributed by atoms with E-state index in [4.69, 9.17) is 0 Å². The van der Waals surface area contributed by atoms with Crippen LogP contribution in [-0.2, 0) is 0 Å². The van der Waals surface area contributed by atoms with Gasteiger partial charge in [0.1, 0.15) is 0 Å². The van der Waals surface area contributed by atoms with Crippen molar-refractivity contribution in [3.8, 4) is 0 Å². The third-order valence-electron chi connectivity index (χ3n) is 2.23. The lowest BCUT2D eigenvalue weighted by molar-refractivity contribution is 1.09. The van der Waals surface area contributed by atoms with Gasteiger partial charge in [0.2, 0.25) is 0 Å². The molecule has 0 aliphatic carbocycles. The normalized spacial score (nSPS) is 10.0. The zero-order valence-electron chi connectivity index (χ0n) is 14.0. The smallest absolute Gasteiger partial charge is 0.0337 e. The number of allylic oxidation sites excluding steroid dienone is 5. The molecular weight excluding hydrogens is 242 g/mol. The average molecular weight is 273 g/mol. The van der Waals surface area contributed by atoms with Gasteiger partial charge in [0.15, 0.2) is 0 Å². The Kier molecular flexibility index (Phi) is 15.7. The molecule has 1 nitrogen and oxygen atoms in total.